The Balaban J connectivity index is 2.51. The smallest absolute Gasteiger partial charge is 0.324 e. The van der Waals surface area contributed by atoms with E-state index in [-0.39, 0.29) is 5.92 Å². The van der Waals surface area contributed by atoms with Crippen LogP contribution in [-0.4, -0.2) is 11.1 Å². The SMILES string of the molecule is C=CCCC1CC1(C#N)C(=O)O. The van der Waals surface area contributed by atoms with Crippen LogP contribution in [0.5, 0.6) is 0 Å². The summed E-state index contributed by atoms with van der Waals surface area (Å²) >= 11 is 0. The van der Waals surface area contributed by atoms with Crippen LogP contribution < -0.4 is 0 Å². The van der Waals surface area contributed by atoms with E-state index in [2.05, 4.69) is 6.58 Å². The van der Waals surface area contributed by atoms with Gasteiger partial charge in [0.05, 0.1) is 6.07 Å². The zero-order valence-electron chi connectivity index (χ0n) is 6.79. The molecule has 0 aromatic carbocycles. The molecular weight excluding hydrogens is 154 g/mol. The third-order valence-electron chi connectivity index (χ3n) is 2.41. The molecule has 1 rings (SSSR count). The molecule has 2 atom stereocenters. The van der Waals surface area contributed by atoms with Crippen molar-refractivity contribution in [3.05, 3.63) is 12.7 Å². The van der Waals surface area contributed by atoms with Crippen molar-refractivity contribution in [3.63, 3.8) is 0 Å². The summed E-state index contributed by atoms with van der Waals surface area (Å²) < 4.78 is 0. The molecule has 0 saturated heterocycles. The van der Waals surface area contributed by atoms with E-state index in [9.17, 15) is 4.79 Å². The van der Waals surface area contributed by atoms with Crippen LogP contribution in [0.2, 0.25) is 0 Å². The van der Waals surface area contributed by atoms with Gasteiger partial charge in [0.15, 0.2) is 5.41 Å². The van der Waals surface area contributed by atoms with Crippen molar-refractivity contribution in [3.8, 4) is 6.07 Å². The van der Waals surface area contributed by atoms with E-state index < -0.39 is 11.4 Å². The summed E-state index contributed by atoms with van der Waals surface area (Å²) in [5, 5.41) is 17.4. The third kappa shape index (κ3) is 1.20. The molecule has 1 saturated carbocycles. The molecule has 64 valence electrons. The maximum absolute atomic E-state index is 10.6. The van der Waals surface area contributed by atoms with Gasteiger partial charge in [0, 0.05) is 0 Å². The highest BCUT2D eigenvalue weighted by Crippen LogP contribution is 2.54. The molecule has 1 N–H and O–H groups in total. The van der Waals surface area contributed by atoms with Gasteiger partial charge in [0.25, 0.3) is 0 Å². The van der Waals surface area contributed by atoms with E-state index in [1.54, 1.807) is 6.08 Å². The number of nitriles is 1. The first-order valence-electron chi connectivity index (χ1n) is 3.93. The van der Waals surface area contributed by atoms with Gasteiger partial charge < -0.3 is 5.11 Å². The Hall–Kier alpha value is -1.30. The molecule has 12 heavy (non-hydrogen) atoms. The zero-order chi connectivity index (χ0) is 9.19. The lowest BCUT2D eigenvalue weighted by molar-refractivity contribution is -0.141. The lowest BCUT2D eigenvalue weighted by Crippen LogP contribution is -2.14. The Morgan fingerprint density at radius 1 is 1.92 bits per heavy atom. The van der Waals surface area contributed by atoms with Crippen LogP contribution in [0.1, 0.15) is 19.3 Å². The van der Waals surface area contributed by atoms with E-state index in [0.717, 1.165) is 12.8 Å². The molecule has 3 nitrogen and oxygen atoms in total. The minimum absolute atomic E-state index is 0.0398. The summed E-state index contributed by atoms with van der Waals surface area (Å²) in [5.74, 6) is -0.933. The highest BCUT2D eigenvalue weighted by atomic mass is 16.4. The lowest BCUT2D eigenvalue weighted by atomic mass is 10.0. The summed E-state index contributed by atoms with van der Waals surface area (Å²) in [6, 6.07) is 1.88. The molecule has 0 aliphatic heterocycles. The van der Waals surface area contributed by atoms with E-state index >= 15 is 0 Å². The fourth-order valence-electron chi connectivity index (χ4n) is 1.44. The van der Waals surface area contributed by atoms with E-state index in [1.807, 2.05) is 6.07 Å². The first-order valence-corrected chi connectivity index (χ1v) is 3.93. The number of carboxylic acids is 1. The summed E-state index contributed by atoms with van der Waals surface area (Å²) in [4.78, 5) is 10.6. The number of aliphatic carboxylic acids is 1. The van der Waals surface area contributed by atoms with Gasteiger partial charge in [0.1, 0.15) is 0 Å². The molecule has 0 bridgehead atoms. The molecule has 0 aromatic rings. The zero-order valence-corrected chi connectivity index (χ0v) is 6.79. The van der Waals surface area contributed by atoms with Crippen LogP contribution in [-0.2, 0) is 4.79 Å². The molecule has 0 amide bonds. The van der Waals surface area contributed by atoms with Crippen molar-refractivity contribution in [2.75, 3.05) is 0 Å². The second kappa shape index (κ2) is 2.98. The first-order chi connectivity index (χ1) is 5.67. The number of rotatable bonds is 4. The second-order valence-electron chi connectivity index (χ2n) is 3.16. The van der Waals surface area contributed by atoms with Gasteiger partial charge in [-0.2, -0.15) is 5.26 Å². The topological polar surface area (TPSA) is 61.1 Å². The van der Waals surface area contributed by atoms with Crippen LogP contribution >= 0.6 is 0 Å². The monoisotopic (exact) mass is 165 g/mol. The quantitative estimate of drug-likeness (QED) is 0.643. The summed E-state index contributed by atoms with van der Waals surface area (Å²) in [7, 11) is 0. The fraction of sp³-hybridized carbons (Fsp3) is 0.556. The van der Waals surface area contributed by atoms with Crippen molar-refractivity contribution >= 4 is 5.97 Å². The molecule has 3 heteroatoms. The molecule has 2 unspecified atom stereocenters. The molecule has 0 aromatic heterocycles. The van der Waals surface area contributed by atoms with Crippen LogP contribution in [0.15, 0.2) is 12.7 Å². The Labute approximate surface area is 71.3 Å². The highest BCUT2D eigenvalue weighted by Gasteiger charge is 2.60. The number of hydrogen-bond donors (Lipinski definition) is 1. The van der Waals surface area contributed by atoms with Gasteiger partial charge in [-0.15, -0.1) is 6.58 Å². The van der Waals surface area contributed by atoms with Crippen molar-refractivity contribution < 1.29 is 9.90 Å². The Morgan fingerprint density at radius 3 is 2.92 bits per heavy atom. The third-order valence-corrected chi connectivity index (χ3v) is 2.41. The highest BCUT2D eigenvalue weighted by molar-refractivity contribution is 5.82. The van der Waals surface area contributed by atoms with Crippen LogP contribution in [0.25, 0.3) is 0 Å². The van der Waals surface area contributed by atoms with Gasteiger partial charge in [-0.25, -0.2) is 0 Å². The standard InChI is InChI=1S/C9H11NO2/c1-2-3-4-7-5-9(7,6-10)8(11)12/h2,7H,1,3-5H2,(H,11,12). The van der Waals surface area contributed by atoms with Gasteiger partial charge in [-0.1, -0.05) is 6.08 Å². The number of nitrogens with zero attached hydrogens (tertiary/aromatic N) is 1. The van der Waals surface area contributed by atoms with Gasteiger partial charge >= 0.3 is 5.97 Å². The second-order valence-corrected chi connectivity index (χ2v) is 3.16. The minimum atomic E-state index is -1.07. The van der Waals surface area contributed by atoms with Gasteiger partial charge in [0.2, 0.25) is 0 Å². The largest absolute Gasteiger partial charge is 0.480 e. The van der Waals surface area contributed by atoms with E-state index in [4.69, 9.17) is 10.4 Å². The number of carboxylic acid groups (broad SMARTS) is 1. The average Bonchev–Trinajstić information content (AvgIpc) is 2.76. The van der Waals surface area contributed by atoms with Gasteiger partial charge in [-0.05, 0) is 25.2 Å². The maximum atomic E-state index is 10.6. The normalized spacial score (nSPS) is 32.1. The molecule has 0 spiro atoms. The Morgan fingerprint density at radius 2 is 2.58 bits per heavy atom. The molecule has 1 aliphatic rings. The average molecular weight is 165 g/mol. The summed E-state index contributed by atoms with van der Waals surface area (Å²) in [6.45, 7) is 3.55. The van der Waals surface area contributed by atoms with Crippen LogP contribution in [0.3, 0.4) is 0 Å². The molecular formula is C9H11NO2. The summed E-state index contributed by atoms with van der Waals surface area (Å²) in [5.41, 5.74) is -1.07. The van der Waals surface area contributed by atoms with Crippen molar-refractivity contribution in [2.24, 2.45) is 11.3 Å². The molecule has 0 heterocycles. The Kier molecular flexibility index (Phi) is 2.18. The maximum Gasteiger partial charge on any atom is 0.324 e. The molecule has 1 aliphatic carbocycles. The van der Waals surface area contributed by atoms with E-state index in [1.165, 1.54) is 0 Å². The van der Waals surface area contributed by atoms with Crippen LogP contribution in [0, 0.1) is 22.7 Å². The number of hydrogen-bond acceptors (Lipinski definition) is 2. The van der Waals surface area contributed by atoms with Crippen LogP contribution in [0.4, 0.5) is 0 Å². The number of allylic oxidation sites excluding steroid dienone is 1. The lowest BCUT2D eigenvalue weighted by Gasteiger charge is -1.99. The van der Waals surface area contributed by atoms with Crippen molar-refractivity contribution in [1.29, 1.82) is 5.26 Å². The predicted octanol–water partition coefficient (Wildman–Crippen LogP) is 1.57. The fourth-order valence-corrected chi connectivity index (χ4v) is 1.44. The first kappa shape index (κ1) is 8.79. The van der Waals surface area contributed by atoms with E-state index in [0.29, 0.717) is 6.42 Å². The predicted molar refractivity (Wildman–Crippen MR) is 43.2 cm³/mol. The van der Waals surface area contributed by atoms with Gasteiger partial charge in [-0.3, -0.25) is 4.79 Å². The summed E-state index contributed by atoms with van der Waals surface area (Å²) in [6.07, 6.45) is 3.82. The number of carbonyl (C=O) groups is 1. The minimum Gasteiger partial charge on any atom is -0.480 e. The van der Waals surface area contributed by atoms with Crippen molar-refractivity contribution in [2.45, 2.75) is 19.3 Å². The van der Waals surface area contributed by atoms with Crippen molar-refractivity contribution in [1.82, 2.24) is 0 Å². The Bertz CT molecular complexity index is 254. The molecule has 1 fully saturated rings. The molecule has 0 radical (unpaired) electrons.